The minimum Gasteiger partial charge on any atom is -0.459 e. The number of cyclic esters (lactones) is 1. The summed E-state index contributed by atoms with van der Waals surface area (Å²) in [6.07, 6.45) is -1.53. The number of carbonyl (C=O) groups excluding carboxylic acids is 2. The topological polar surface area (TPSA) is 61.8 Å². The van der Waals surface area contributed by atoms with Gasteiger partial charge in [-0.1, -0.05) is 0 Å². The van der Waals surface area contributed by atoms with Crippen LogP contribution in [-0.4, -0.2) is 36.4 Å². The number of alkyl halides is 2. The number of rotatable bonds is 4. The van der Waals surface area contributed by atoms with Crippen LogP contribution < -0.4 is 0 Å². The average molecular weight is 252 g/mol. The maximum Gasteiger partial charge on any atom is 0.338 e. The van der Waals surface area contributed by atoms with Crippen molar-refractivity contribution in [3.8, 4) is 0 Å². The Balaban J connectivity index is 2.40. The van der Waals surface area contributed by atoms with E-state index in [1.165, 1.54) is 13.8 Å². The van der Waals surface area contributed by atoms with E-state index >= 15 is 0 Å². The molecule has 7 heteroatoms. The molecular formula is C10H14F2O5. The molecule has 1 aliphatic rings. The van der Waals surface area contributed by atoms with Crippen molar-refractivity contribution in [2.75, 3.05) is 6.61 Å². The van der Waals surface area contributed by atoms with Gasteiger partial charge in [-0.05, 0) is 0 Å². The van der Waals surface area contributed by atoms with Gasteiger partial charge in [0.15, 0.2) is 12.7 Å². The van der Waals surface area contributed by atoms with Crippen molar-refractivity contribution in [3.05, 3.63) is 0 Å². The third-order valence-corrected chi connectivity index (χ3v) is 1.87. The number of carbonyl (C=O) groups is 2. The number of halogens is 2. The van der Waals surface area contributed by atoms with Gasteiger partial charge in [-0.15, -0.1) is 0 Å². The molecule has 1 saturated heterocycles. The van der Waals surface area contributed by atoms with Gasteiger partial charge >= 0.3 is 11.9 Å². The zero-order valence-corrected chi connectivity index (χ0v) is 9.79. The molecule has 1 unspecified atom stereocenters. The SMILES string of the molecule is CC(F)(F)COC(=O)CC1OC(C)(C)OC1=O. The molecule has 1 aliphatic heterocycles. The molecule has 0 amide bonds. The lowest BCUT2D eigenvalue weighted by Gasteiger charge is -2.15. The molecule has 1 heterocycles. The average Bonchev–Trinajstić information content (AvgIpc) is 2.35. The Morgan fingerprint density at radius 1 is 1.53 bits per heavy atom. The van der Waals surface area contributed by atoms with E-state index in [9.17, 15) is 18.4 Å². The molecule has 0 aliphatic carbocycles. The normalized spacial score (nSPS) is 23.4. The smallest absolute Gasteiger partial charge is 0.338 e. The fraction of sp³-hybridized carbons (Fsp3) is 0.800. The van der Waals surface area contributed by atoms with Crippen molar-refractivity contribution >= 4 is 11.9 Å². The summed E-state index contributed by atoms with van der Waals surface area (Å²) in [7, 11) is 0. The van der Waals surface area contributed by atoms with Gasteiger partial charge in [-0.2, -0.15) is 0 Å². The lowest BCUT2D eigenvalue weighted by molar-refractivity contribution is -0.163. The Morgan fingerprint density at radius 2 is 2.12 bits per heavy atom. The van der Waals surface area contributed by atoms with Gasteiger partial charge in [0.2, 0.25) is 5.79 Å². The van der Waals surface area contributed by atoms with Crippen LogP contribution in [0.1, 0.15) is 27.2 Å². The summed E-state index contributed by atoms with van der Waals surface area (Å²) in [6.45, 7) is 2.63. The van der Waals surface area contributed by atoms with Crippen molar-refractivity contribution in [1.29, 1.82) is 0 Å². The van der Waals surface area contributed by atoms with Gasteiger partial charge < -0.3 is 14.2 Å². The quantitative estimate of drug-likeness (QED) is 0.705. The van der Waals surface area contributed by atoms with Crippen LogP contribution in [0.3, 0.4) is 0 Å². The zero-order chi connectivity index (χ0) is 13.3. The standard InChI is InChI=1S/C10H14F2O5/c1-9(2)16-6(8(14)17-9)4-7(13)15-5-10(3,11)12/h6H,4-5H2,1-3H3. The number of ether oxygens (including phenoxy) is 3. The molecule has 1 fully saturated rings. The summed E-state index contributed by atoms with van der Waals surface area (Å²) < 4.78 is 39.0. The molecule has 0 aromatic carbocycles. The third-order valence-electron chi connectivity index (χ3n) is 1.87. The largest absolute Gasteiger partial charge is 0.459 e. The highest BCUT2D eigenvalue weighted by Crippen LogP contribution is 2.25. The number of hydrogen-bond acceptors (Lipinski definition) is 5. The Morgan fingerprint density at radius 3 is 2.53 bits per heavy atom. The van der Waals surface area contributed by atoms with E-state index in [-0.39, 0.29) is 0 Å². The molecular weight excluding hydrogens is 238 g/mol. The van der Waals surface area contributed by atoms with Gasteiger partial charge in [0.25, 0.3) is 5.92 Å². The molecule has 0 spiro atoms. The van der Waals surface area contributed by atoms with Crippen LogP contribution in [0.4, 0.5) is 8.78 Å². The first-order valence-electron chi connectivity index (χ1n) is 5.03. The predicted octanol–water partition coefficient (Wildman–Crippen LogP) is 1.25. The fourth-order valence-electron chi connectivity index (χ4n) is 1.27. The monoisotopic (exact) mass is 252 g/mol. The van der Waals surface area contributed by atoms with Crippen LogP contribution >= 0.6 is 0 Å². The fourth-order valence-corrected chi connectivity index (χ4v) is 1.27. The summed E-state index contributed by atoms with van der Waals surface area (Å²) in [5.41, 5.74) is 0. The lowest BCUT2D eigenvalue weighted by atomic mass is 10.2. The van der Waals surface area contributed by atoms with E-state index < -0.39 is 42.8 Å². The molecule has 0 aromatic heterocycles. The van der Waals surface area contributed by atoms with Gasteiger partial charge in [0, 0.05) is 20.8 Å². The lowest BCUT2D eigenvalue weighted by Crippen LogP contribution is -2.27. The van der Waals surface area contributed by atoms with Crippen LogP contribution in [0.15, 0.2) is 0 Å². The van der Waals surface area contributed by atoms with Crippen molar-refractivity contribution < 1.29 is 32.6 Å². The molecule has 0 saturated carbocycles. The highest BCUT2D eigenvalue weighted by Gasteiger charge is 2.42. The summed E-state index contributed by atoms with van der Waals surface area (Å²) in [6, 6.07) is 0. The van der Waals surface area contributed by atoms with Crippen molar-refractivity contribution in [3.63, 3.8) is 0 Å². The summed E-state index contributed by atoms with van der Waals surface area (Å²) >= 11 is 0. The van der Waals surface area contributed by atoms with Crippen LogP contribution in [0, 0.1) is 0 Å². The Hall–Kier alpha value is -1.24. The maximum absolute atomic E-state index is 12.4. The van der Waals surface area contributed by atoms with Gasteiger partial charge in [0.1, 0.15) is 0 Å². The van der Waals surface area contributed by atoms with Crippen molar-refractivity contribution in [1.82, 2.24) is 0 Å². The van der Waals surface area contributed by atoms with E-state index in [4.69, 9.17) is 9.47 Å². The number of hydrogen-bond donors (Lipinski definition) is 0. The van der Waals surface area contributed by atoms with E-state index in [2.05, 4.69) is 4.74 Å². The first-order valence-corrected chi connectivity index (χ1v) is 5.03. The van der Waals surface area contributed by atoms with Crippen LogP contribution in [-0.2, 0) is 23.8 Å². The van der Waals surface area contributed by atoms with E-state index in [0.717, 1.165) is 0 Å². The number of esters is 2. The molecule has 5 nitrogen and oxygen atoms in total. The highest BCUT2D eigenvalue weighted by atomic mass is 19.3. The molecule has 98 valence electrons. The molecule has 0 bridgehead atoms. The molecule has 0 aromatic rings. The molecule has 1 rings (SSSR count). The summed E-state index contributed by atoms with van der Waals surface area (Å²) in [4.78, 5) is 22.4. The second-order valence-electron chi connectivity index (χ2n) is 4.36. The van der Waals surface area contributed by atoms with E-state index in [1.807, 2.05) is 0 Å². The second-order valence-corrected chi connectivity index (χ2v) is 4.36. The Kier molecular flexibility index (Phi) is 3.71. The van der Waals surface area contributed by atoms with Gasteiger partial charge in [-0.3, -0.25) is 4.79 Å². The molecule has 0 N–H and O–H groups in total. The summed E-state index contributed by atoms with van der Waals surface area (Å²) in [5, 5.41) is 0. The van der Waals surface area contributed by atoms with E-state index in [1.54, 1.807) is 0 Å². The van der Waals surface area contributed by atoms with Crippen LogP contribution in [0.5, 0.6) is 0 Å². The Bertz CT molecular complexity index is 321. The van der Waals surface area contributed by atoms with Gasteiger partial charge in [0.05, 0.1) is 6.42 Å². The molecule has 17 heavy (non-hydrogen) atoms. The van der Waals surface area contributed by atoms with Gasteiger partial charge in [-0.25, -0.2) is 13.6 Å². The highest BCUT2D eigenvalue weighted by molar-refractivity contribution is 5.83. The molecule has 1 atom stereocenters. The zero-order valence-electron chi connectivity index (χ0n) is 9.79. The van der Waals surface area contributed by atoms with Crippen LogP contribution in [0.25, 0.3) is 0 Å². The predicted molar refractivity (Wildman–Crippen MR) is 51.2 cm³/mol. The minimum absolute atomic E-state index is 0.432. The summed E-state index contributed by atoms with van der Waals surface area (Å²) in [5.74, 6) is -5.82. The first kappa shape index (κ1) is 13.8. The molecule has 0 radical (unpaired) electrons. The third kappa shape index (κ3) is 4.64. The second kappa shape index (κ2) is 4.56. The van der Waals surface area contributed by atoms with E-state index in [0.29, 0.717) is 6.92 Å². The Labute approximate surface area is 97.0 Å². The van der Waals surface area contributed by atoms with Crippen LogP contribution in [0.2, 0.25) is 0 Å². The van der Waals surface area contributed by atoms with Crippen molar-refractivity contribution in [2.24, 2.45) is 0 Å². The first-order chi connectivity index (χ1) is 7.59. The van der Waals surface area contributed by atoms with Crippen molar-refractivity contribution in [2.45, 2.75) is 45.0 Å². The minimum atomic E-state index is -3.09. The maximum atomic E-state index is 12.4.